The zero-order valence-corrected chi connectivity index (χ0v) is 20.5. The van der Waals surface area contributed by atoms with Crippen LogP contribution in [0.5, 0.6) is 5.75 Å². The number of alkyl halides is 3. The SMILES string of the molecule is CN(Cc1cc(N2CCC(=O)NC2=O)cc(C(C)(C)C)c1O)C1CCCCC1.O=C(O)C(F)(F)F. The van der Waals surface area contributed by atoms with E-state index in [1.807, 2.05) is 12.1 Å². The Labute approximate surface area is 203 Å². The Morgan fingerprint density at radius 2 is 1.71 bits per heavy atom. The first-order valence-corrected chi connectivity index (χ1v) is 11.6. The topological polar surface area (TPSA) is 110 Å². The molecule has 1 saturated carbocycles. The number of anilines is 1. The summed E-state index contributed by atoms with van der Waals surface area (Å²) in [6, 6.07) is 3.92. The largest absolute Gasteiger partial charge is 0.507 e. The number of nitrogens with zero attached hydrogens (tertiary/aromatic N) is 2. The van der Waals surface area contributed by atoms with Crippen LogP contribution in [0.3, 0.4) is 0 Å². The number of carboxylic acid groups (broad SMARTS) is 1. The molecule has 2 aliphatic rings. The van der Waals surface area contributed by atoms with E-state index in [1.54, 1.807) is 4.90 Å². The van der Waals surface area contributed by atoms with Gasteiger partial charge in [-0.05, 0) is 37.4 Å². The summed E-state index contributed by atoms with van der Waals surface area (Å²) >= 11 is 0. The molecule has 0 atom stereocenters. The number of carbonyl (C=O) groups is 3. The molecule has 35 heavy (non-hydrogen) atoms. The van der Waals surface area contributed by atoms with Gasteiger partial charge in [0.15, 0.2) is 0 Å². The fourth-order valence-electron chi connectivity index (χ4n) is 4.26. The third kappa shape index (κ3) is 7.84. The Balaban J connectivity index is 0.000000540. The molecule has 1 saturated heterocycles. The quantitative estimate of drug-likeness (QED) is 0.559. The van der Waals surface area contributed by atoms with E-state index in [9.17, 15) is 27.9 Å². The summed E-state index contributed by atoms with van der Waals surface area (Å²) in [6.45, 7) is 7.17. The van der Waals surface area contributed by atoms with Crippen molar-refractivity contribution in [1.29, 1.82) is 0 Å². The maximum absolute atomic E-state index is 12.4. The highest BCUT2D eigenvalue weighted by Crippen LogP contribution is 2.38. The molecule has 1 aromatic rings. The number of hydrogen-bond acceptors (Lipinski definition) is 5. The lowest BCUT2D eigenvalue weighted by Crippen LogP contribution is -2.49. The zero-order chi connectivity index (χ0) is 26.6. The second kappa shape index (κ2) is 11.3. The van der Waals surface area contributed by atoms with Crippen LogP contribution in [0.4, 0.5) is 23.7 Å². The van der Waals surface area contributed by atoms with E-state index in [0.717, 1.165) is 16.8 Å². The molecule has 8 nitrogen and oxygen atoms in total. The van der Waals surface area contributed by atoms with Gasteiger partial charge >= 0.3 is 18.2 Å². The predicted molar refractivity (Wildman–Crippen MR) is 124 cm³/mol. The highest BCUT2D eigenvalue weighted by Gasteiger charge is 2.38. The number of halogens is 3. The Bertz CT molecular complexity index is 938. The molecule has 1 aliphatic carbocycles. The van der Waals surface area contributed by atoms with Gasteiger partial charge in [-0.15, -0.1) is 0 Å². The monoisotopic (exact) mass is 501 g/mol. The number of aromatic hydroxyl groups is 1. The van der Waals surface area contributed by atoms with Gasteiger partial charge in [0.25, 0.3) is 0 Å². The molecular weight excluding hydrogens is 467 g/mol. The van der Waals surface area contributed by atoms with Crippen molar-refractivity contribution in [3.05, 3.63) is 23.3 Å². The second-order valence-electron chi connectivity index (χ2n) is 10.0. The molecular formula is C24H34F3N3O5. The number of aliphatic carboxylic acids is 1. The number of amides is 3. The number of urea groups is 1. The zero-order valence-electron chi connectivity index (χ0n) is 20.5. The molecule has 0 unspecified atom stereocenters. The van der Waals surface area contributed by atoms with Gasteiger partial charge in [-0.3, -0.25) is 19.9 Å². The molecule has 3 rings (SSSR count). The Kier molecular flexibility index (Phi) is 9.16. The molecule has 1 aliphatic heterocycles. The van der Waals surface area contributed by atoms with Crippen molar-refractivity contribution in [2.75, 3.05) is 18.5 Å². The lowest BCUT2D eigenvalue weighted by Gasteiger charge is -2.33. The minimum atomic E-state index is -5.08. The van der Waals surface area contributed by atoms with Crippen molar-refractivity contribution in [3.63, 3.8) is 0 Å². The number of phenolic OH excluding ortho intramolecular Hbond substituents is 1. The fourth-order valence-corrected chi connectivity index (χ4v) is 4.26. The van der Waals surface area contributed by atoms with Crippen LogP contribution in [0, 0.1) is 0 Å². The van der Waals surface area contributed by atoms with Crippen molar-refractivity contribution >= 4 is 23.6 Å². The van der Waals surface area contributed by atoms with Crippen molar-refractivity contribution in [1.82, 2.24) is 10.2 Å². The summed E-state index contributed by atoms with van der Waals surface area (Å²) in [5.74, 6) is -2.69. The van der Waals surface area contributed by atoms with Gasteiger partial charge in [-0.25, -0.2) is 9.59 Å². The first-order valence-electron chi connectivity index (χ1n) is 11.6. The number of benzene rings is 1. The van der Waals surface area contributed by atoms with E-state index in [0.29, 0.717) is 24.9 Å². The van der Waals surface area contributed by atoms with Crippen LogP contribution in [-0.4, -0.2) is 58.8 Å². The number of carbonyl (C=O) groups excluding carboxylic acids is 2. The van der Waals surface area contributed by atoms with Crippen molar-refractivity contribution in [2.45, 2.75) is 83.5 Å². The summed E-state index contributed by atoms with van der Waals surface area (Å²) < 4.78 is 31.7. The van der Waals surface area contributed by atoms with E-state index < -0.39 is 18.2 Å². The smallest absolute Gasteiger partial charge is 0.490 e. The first kappa shape index (κ1) is 28.4. The summed E-state index contributed by atoms with van der Waals surface area (Å²) in [6.07, 6.45) is 1.42. The third-order valence-corrected chi connectivity index (χ3v) is 6.21. The highest BCUT2D eigenvalue weighted by atomic mass is 19.4. The third-order valence-electron chi connectivity index (χ3n) is 6.21. The molecule has 2 fully saturated rings. The second-order valence-corrected chi connectivity index (χ2v) is 10.0. The summed E-state index contributed by atoms with van der Waals surface area (Å²) in [4.78, 5) is 36.7. The van der Waals surface area contributed by atoms with Crippen LogP contribution in [0.15, 0.2) is 12.1 Å². The van der Waals surface area contributed by atoms with E-state index in [1.165, 1.54) is 32.1 Å². The van der Waals surface area contributed by atoms with Gasteiger partial charge in [0.2, 0.25) is 5.91 Å². The van der Waals surface area contributed by atoms with Crippen LogP contribution in [-0.2, 0) is 21.5 Å². The van der Waals surface area contributed by atoms with Gasteiger partial charge in [-0.1, -0.05) is 40.0 Å². The fraction of sp³-hybridized carbons (Fsp3) is 0.625. The van der Waals surface area contributed by atoms with Crippen LogP contribution in [0.2, 0.25) is 0 Å². The maximum Gasteiger partial charge on any atom is 0.490 e. The Morgan fingerprint density at radius 1 is 1.14 bits per heavy atom. The average Bonchev–Trinajstić information content (AvgIpc) is 2.75. The summed E-state index contributed by atoms with van der Waals surface area (Å²) in [7, 11) is 2.12. The molecule has 0 spiro atoms. The van der Waals surface area contributed by atoms with E-state index in [2.05, 4.69) is 38.0 Å². The standard InChI is InChI=1S/C22H33N3O3.C2HF3O2/c1-22(2,3)18-13-17(25-11-10-19(26)23-21(25)28)12-15(20(18)27)14-24(4)16-8-6-5-7-9-16;3-2(4,5)1(6)7/h12-13,16,27H,5-11,14H2,1-4H3,(H,23,26,28);(H,6,7). The van der Waals surface area contributed by atoms with Crippen LogP contribution >= 0.6 is 0 Å². The molecule has 0 radical (unpaired) electrons. The van der Waals surface area contributed by atoms with Gasteiger partial charge in [0.05, 0.1) is 0 Å². The van der Waals surface area contributed by atoms with Gasteiger partial charge in [-0.2, -0.15) is 13.2 Å². The minimum Gasteiger partial charge on any atom is -0.507 e. The van der Waals surface area contributed by atoms with Gasteiger partial charge in [0.1, 0.15) is 5.75 Å². The number of hydrogen-bond donors (Lipinski definition) is 3. The van der Waals surface area contributed by atoms with Crippen molar-refractivity contribution in [2.24, 2.45) is 0 Å². The number of phenols is 1. The Morgan fingerprint density at radius 3 is 2.20 bits per heavy atom. The molecule has 0 aromatic heterocycles. The first-order chi connectivity index (χ1) is 16.1. The van der Waals surface area contributed by atoms with E-state index in [4.69, 9.17) is 9.90 Å². The maximum atomic E-state index is 12.4. The van der Waals surface area contributed by atoms with Crippen molar-refractivity contribution < 1.29 is 37.8 Å². The Hall–Kier alpha value is -2.82. The highest BCUT2D eigenvalue weighted by molar-refractivity contribution is 6.05. The van der Waals surface area contributed by atoms with E-state index >= 15 is 0 Å². The normalized spacial score (nSPS) is 17.7. The molecule has 196 valence electrons. The van der Waals surface area contributed by atoms with E-state index in [-0.39, 0.29) is 17.7 Å². The average molecular weight is 502 g/mol. The lowest BCUT2D eigenvalue weighted by molar-refractivity contribution is -0.192. The van der Waals surface area contributed by atoms with Crippen LogP contribution in [0.1, 0.15) is 70.4 Å². The summed E-state index contributed by atoms with van der Waals surface area (Å²) in [5.41, 5.74) is 2.13. The lowest BCUT2D eigenvalue weighted by atomic mass is 9.84. The van der Waals surface area contributed by atoms with Crippen LogP contribution in [0.25, 0.3) is 0 Å². The number of nitrogens with one attached hydrogen (secondary N) is 1. The molecule has 3 amide bonds. The number of imide groups is 1. The molecule has 0 bridgehead atoms. The molecule has 3 N–H and O–H groups in total. The van der Waals surface area contributed by atoms with Crippen molar-refractivity contribution in [3.8, 4) is 5.75 Å². The summed E-state index contributed by atoms with van der Waals surface area (Å²) in [5, 5.41) is 20.5. The molecule has 1 heterocycles. The van der Waals surface area contributed by atoms with Gasteiger partial charge < -0.3 is 10.2 Å². The number of rotatable bonds is 4. The number of carboxylic acids is 1. The van der Waals surface area contributed by atoms with Crippen LogP contribution < -0.4 is 10.2 Å². The minimum absolute atomic E-state index is 0.242. The predicted octanol–water partition coefficient (Wildman–Crippen LogP) is 4.53. The molecule has 1 aromatic carbocycles. The molecule has 11 heteroatoms. The van der Waals surface area contributed by atoms with Gasteiger partial charge in [0, 0.05) is 42.4 Å².